The first-order valence-corrected chi connectivity index (χ1v) is 6.26. The lowest BCUT2D eigenvalue weighted by Gasteiger charge is -2.27. The summed E-state index contributed by atoms with van der Waals surface area (Å²) < 4.78 is 6.48. The van der Waals surface area contributed by atoms with Crippen LogP contribution in [0.1, 0.15) is 39.4 Å². The van der Waals surface area contributed by atoms with Crippen LogP contribution in [0.2, 0.25) is 0 Å². The minimum atomic E-state index is -0.536. The van der Waals surface area contributed by atoms with E-state index in [4.69, 9.17) is 4.74 Å². The number of hydrogen-bond donors (Lipinski definition) is 1. The smallest absolute Gasteiger partial charge is 0.125 e. The fraction of sp³-hybridized carbons (Fsp3) is 0.538. The van der Waals surface area contributed by atoms with Gasteiger partial charge in [0.2, 0.25) is 0 Å². The van der Waals surface area contributed by atoms with E-state index in [0.29, 0.717) is 6.61 Å². The Hall–Kier alpha value is -0.540. The molecule has 0 radical (unpaired) electrons. The van der Waals surface area contributed by atoms with Gasteiger partial charge in [0.05, 0.1) is 12.7 Å². The highest BCUT2D eigenvalue weighted by Gasteiger charge is 2.26. The largest absolute Gasteiger partial charge is 0.493 e. The van der Waals surface area contributed by atoms with Gasteiger partial charge < -0.3 is 9.84 Å². The van der Waals surface area contributed by atoms with Crippen LogP contribution in [0.15, 0.2) is 22.7 Å². The molecule has 90 valence electrons. The zero-order chi connectivity index (χ0) is 12.3. The van der Waals surface area contributed by atoms with Gasteiger partial charge in [0.15, 0.2) is 0 Å². The Morgan fingerprint density at radius 2 is 2.00 bits per heavy atom. The van der Waals surface area contributed by atoms with Crippen molar-refractivity contribution in [3.63, 3.8) is 0 Å². The fourth-order valence-electron chi connectivity index (χ4n) is 1.49. The minimum Gasteiger partial charge on any atom is -0.493 e. The van der Waals surface area contributed by atoms with Gasteiger partial charge >= 0.3 is 0 Å². The molecule has 1 rings (SSSR count). The zero-order valence-corrected chi connectivity index (χ0v) is 11.8. The summed E-state index contributed by atoms with van der Waals surface area (Å²) in [6.45, 7) is 8.57. The number of benzene rings is 1. The van der Waals surface area contributed by atoms with E-state index >= 15 is 0 Å². The Morgan fingerprint density at radius 3 is 2.50 bits per heavy atom. The van der Waals surface area contributed by atoms with Gasteiger partial charge in [-0.1, -0.05) is 36.7 Å². The van der Waals surface area contributed by atoms with Crippen LogP contribution in [0.3, 0.4) is 0 Å². The van der Waals surface area contributed by atoms with E-state index in [9.17, 15) is 5.11 Å². The maximum Gasteiger partial charge on any atom is 0.125 e. The van der Waals surface area contributed by atoms with Crippen LogP contribution in [0.5, 0.6) is 5.75 Å². The molecule has 0 saturated heterocycles. The summed E-state index contributed by atoms with van der Waals surface area (Å²) in [5.41, 5.74) is 0.635. The molecule has 2 nitrogen and oxygen atoms in total. The number of aliphatic hydroxyl groups is 1. The monoisotopic (exact) mass is 286 g/mol. The maximum absolute atomic E-state index is 10.3. The van der Waals surface area contributed by atoms with Gasteiger partial charge in [-0.15, -0.1) is 0 Å². The van der Waals surface area contributed by atoms with Gasteiger partial charge in [0.25, 0.3) is 0 Å². The van der Waals surface area contributed by atoms with Crippen LogP contribution in [0.25, 0.3) is 0 Å². The molecular weight excluding hydrogens is 268 g/mol. The summed E-state index contributed by atoms with van der Waals surface area (Å²) in [5.74, 6) is 0.758. The topological polar surface area (TPSA) is 29.5 Å². The Balaban J connectivity index is 3.14. The van der Waals surface area contributed by atoms with Crippen LogP contribution < -0.4 is 4.74 Å². The van der Waals surface area contributed by atoms with E-state index < -0.39 is 6.10 Å². The van der Waals surface area contributed by atoms with Crippen molar-refractivity contribution in [2.45, 2.75) is 33.8 Å². The maximum atomic E-state index is 10.3. The third-order valence-corrected chi connectivity index (χ3v) is 2.88. The Kier molecular flexibility index (Phi) is 4.39. The molecule has 0 aliphatic rings. The lowest BCUT2D eigenvalue weighted by Crippen LogP contribution is -2.18. The first-order valence-electron chi connectivity index (χ1n) is 5.46. The van der Waals surface area contributed by atoms with Crippen molar-refractivity contribution in [3.8, 4) is 5.75 Å². The number of ether oxygens (including phenoxy) is 1. The molecule has 1 aromatic carbocycles. The summed E-state index contributed by atoms with van der Waals surface area (Å²) in [7, 11) is 0. The molecule has 3 heteroatoms. The van der Waals surface area contributed by atoms with Crippen molar-refractivity contribution in [3.05, 3.63) is 28.2 Å². The summed E-state index contributed by atoms with van der Waals surface area (Å²) in [6, 6.07) is 5.72. The number of rotatable bonds is 3. The first kappa shape index (κ1) is 13.5. The van der Waals surface area contributed by atoms with Gasteiger partial charge in [-0.25, -0.2) is 0 Å². The second kappa shape index (κ2) is 5.19. The Bertz CT molecular complexity index is 355. The molecule has 0 heterocycles. The molecule has 0 spiro atoms. The Labute approximate surface area is 106 Å². The molecule has 1 N–H and O–H groups in total. The van der Waals surface area contributed by atoms with Crippen molar-refractivity contribution in [2.24, 2.45) is 5.41 Å². The van der Waals surface area contributed by atoms with Gasteiger partial charge in [0.1, 0.15) is 5.75 Å². The van der Waals surface area contributed by atoms with Gasteiger partial charge in [-0.05, 0) is 30.5 Å². The molecule has 1 atom stereocenters. The fourth-order valence-corrected chi connectivity index (χ4v) is 1.87. The third-order valence-electron chi connectivity index (χ3n) is 2.39. The number of aliphatic hydroxyl groups excluding tert-OH is 1. The summed E-state index contributed by atoms with van der Waals surface area (Å²) in [6.07, 6.45) is -0.536. The zero-order valence-electron chi connectivity index (χ0n) is 10.2. The summed E-state index contributed by atoms with van der Waals surface area (Å²) in [4.78, 5) is 0. The number of halogens is 1. The van der Waals surface area contributed by atoms with Crippen LogP contribution in [0, 0.1) is 5.41 Å². The van der Waals surface area contributed by atoms with E-state index in [1.165, 1.54) is 0 Å². The Morgan fingerprint density at radius 1 is 1.38 bits per heavy atom. The van der Waals surface area contributed by atoms with Crippen LogP contribution in [0.4, 0.5) is 0 Å². The van der Waals surface area contributed by atoms with E-state index in [1.807, 2.05) is 45.9 Å². The van der Waals surface area contributed by atoms with E-state index in [2.05, 4.69) is 15.9 Å². The molecule has 0 aliphatic carbocycles. The van der Waals surface area contributed by atoms with Crippen LogP contribution in [-0.2, 0) is 0 Å². The molecule has 1 unspecified atom stereocenters. The highest BCUT2D eigenvalue weighted by atomic mass is 79.9. The van der Waals surface area contributed by atoms with E-state index in [-0.39, 0.29) is 5.41 Å². The molecule has 0 bridgehead atoms. The highest BCUT2D eigenvalue weighted by molar-refractivity contribution is 9.10. The van der Waals surface area contributed by atoms with Crippen molar-refractivity contribution >= 4 is 15.9 Å². The van der Waals surface area contributed by atoms with Crippen molar-refractivity contribution < 1.29 is 9.84 Å². The first-order chi connectivity index (χ1) is 7.36. The predicted octanol–water partition coefficient (Wildman–Crippen LogP) is 3.93. The molecule has 0 saturated carbocycles. The molecule has 0 aromatic heterocycles. The average molecular weight is 287 g/mol. The lowest BCUT2D eigenvalue weighted by molar-refractivity contribution is 0.0598. The van der Waals surface area contributed by atoms with Crippen molar-refractivity contribution in [1.29, 1.82) is 0 Å². The second-order valence-electron chi connectivity index (χ2n) is 4.88. The normalized spacial score (nSPS) is 13.6. The predicted molar refractivity (Wildman–Crippen MR) is 69.7 cm³/mol. The minimum absolute atomic E-state index is 0.202. The molecule has 16 heavy (non-hydrogen) atoms. The lowest BCUT2D eigenvalue weighted by atomic mass is 9.84. The second-order valence-corrected chi connectivity index (χ2v) is 5.80. The summed E-state index contributed by atoms with van der Waals surface area (Å²) >= 11 is 3.42. The molecular formula is C13H19BrO2. The third kappa shape index (κ3) is 3.22. The SMILES string of the molecule is CCOc1ccc(Br)cc1C(O)C(C)(C)C. The summed E-state index contributed by atoms with van der Waals surface area (Å²) in [5, 5.41) is 10.3. The van der Waals surface area contributed by atoms with Gasteiger partial charge in [-0.3, -0.25) is 0 Å². The molecule has 1 aromatic rings. The highest BCUT2D eigenvalue weighted by Crippen LogP contribution is 2.38. The molecule has 0 amide bonds. The van der Waals surface area contributed by atoms with E-state index in [0.717, 1.165) is 15.8 Å². The molecule has 0 fully saturated rings. The standard InChI is InChI=1S/C13H19BrO2/c1-5-16-11-7-6-9(14)8-10(11)12(15)13(2,3)4/h6-8,12,15H,5H2,1-4H3. The molecule has 0 aliphatic heterocycles. The van der Waals surface area contributed by atoms with Gasteiger partial charge in [0, 0.05) is 10.0 Å². The van der Waals surface area contributed by atoms with E-state index in [1.54, 1.807) is 0 Å². The average Bonchev–Trinajstić information content (AvgIpc) is 2.18. The van der Waals surface area contributed by atoms with Crippen molar-refractivity contribution in [2.75, 3.05) is 6.61 Å². The van der Waals surface area contributed by atoms with Crippen molar-refractivity contribution in [1.82, 2.24) is 0 Å². The quantitative estimate of drug-likeness (QED) is 0.912. The van der Waals surface area contributed by atoms with Crippen LogP contribution >= 0.6 is 15.9 Å². The number of hydrogen-bond acceptors (Lipinski definition) is 2. The van der Waals surface area contributed by atoms with Gasteiger partial charge in [-0.2, -0.15) is 0 Å². The van der Waals surface area contributed by atoms with Crippen LogP contribution in [-0.4, -0.2) is 11.7 Å².